The van der Waals surface area contributed by atoms with Crippen LogP contribution in [0.5, 0.6) is 0 Å². The molecule has 56 heavy (non-hydrogen) atoms. The molecule has 2 aromatic carbocycles. The highest BCUT2D eigenvalue weighted by Gasteiger charge is 2.51. The highest BCUT2D eigenvalue weighted by Crippen LogP contribution is 2.66. The highest BCUT2D eigenvalue weighted by atomic mass is 31.1. The standard InChI is InChI=1S/C54H88P2/c1-35(2)42-31-47(37(5)6)52(48(32-42)38(7)8)55(44-25-18-14-19-26-44)51-30-22-29-46(41-23-16-13-17-24-41)54(51)56(45-27-20-15-21-28-45)53-49(39(9)10)33-43(36(3)4)34-50(53)40(11)12/h13,16-17,22-24,29-30,35-40,42-45,47-50,52-53H,14-15,18-21,25-28,31-34H2,1-12H3. The van der Waals surface area contributed by atoms with Gasteiger partial charge in [0.15, 0.2) is 0 Å². The van der Waals surface area contributed by atoms with Crippen molar-refractivity contribution in [3.8, 4) is 11.1 Å². The third-order valence-electron chi connectivity index (χ3n) is 16.6. The molecule has 6 unspecified atom stereocenters. The molecule has 0 saturated heterocycles. The zero-order chi connectivity index (χ0) is 40.3. The van der Waals surface area contributed by atoms with Crippen molar-refractivity contribution in [3.63, 3.8) is 0 Å². The molecule has 2 aromatic rings. The molecular formula is C54H88P2. The van der Waals surface area contributed by atoms with Gasteiger partial charge in [0.25, 0.3) is 0 Å². The van der Waals surface area contributed by atoms with Gasteiger partial charge >= 0.3 is 0 Å². The Hall–Kier alpha value is -0.700. The molecule has 6 atom stereocenters. The second-order valence-electron chi connectivity index (χ2n) is 22.0. The van der Waals surface area contributed by atoms with Gasteiger partial charge in [-0.15, -0.1) is 0 Å². The molecule has 4 aliphatic rings. The summed E-state index contributed by atoms with van der Waals surface area (Å²) in [5.74, 6) is 9.60. The molecule has 0 N–H and O–H groups in total. The molecule has 0 radical (unpaired) electrons. The van der Waals surface area contributed by atoms with Crippen molar-refractivity contribution in [2.45, 2.75) is 196 Å². The topological polar surface area (TPSA) is 0 Å². The van der Waals surface area contributed by atoms with Crippen LogP contribution in [0.2, 0.25) is 0 Å². The Balaban J connectivity index is 1.67. The molecule has 0 aromatic heterocycles. The molecule has 0 amide bonds. The molecular weight excluding hydrogens is 711 g/mol. The Bertz CT molecular complexity index is 1420. The molecule has 4 aliphatic carbocycles. The van der Waals surface area contributed by atoms with E-state index in [0.717, 1.165) is 93.7 Å². The van der Waals surface area contributed by atoms with Crippen molar-refractivity contribution < 1.29 is 0 Å². The van der Waals surface area contributed by atoms with Gasteiger partial charge in [0.2, 0.25) is 0 Å². The Morgan fingerprint density at radius 3 is 1.20 bits per heavy atom. The summed E-state index contributed by atoms with van der Waals surface area (Å²) in [6.07, 6.45) is 20.5. The van der Waals surface area contributed by atoms with E-state index in [0.29, 0.717) is 0 Å². The minimum Gasteiger partial charge on any atom is -0.0677 e. The summed E-state index contributed by atoms with van der Waals surface area (Å²) in [4.78, 5) is 0. The maximum absolute atomic E-state index is 2.83. The van der Waals surface area contributed by atoms with E-state index in [1.165, 1.54) is 95.5 Å². The first kappa shape index (κ1) is 44.8. The van der Waals surface area contributed by atoms with Crippen molar-refractivity contribution in [1.82, 2.24) is 0 Å². The lowest BCUT2D eigenvalue weighted by Gasteiger charge is -2.55. The minimum atomic E-state index is -0.376. The van der Waals surface area contributed by atoms with Gasteiger partial charge in [0.05, 0.1) is 0 Å². The van der Waals surface area contributed by atoms with Crippen LogP contribution in [0.4, 0.5) is 0 Å². The fourth-order valence-corrected chi connectivity index (χ4v) is 23.0. The molecule has 0 spiro atoms. The monoisotopic (exact) mass is 799 g/mol. The molecule has 4 fully saturated rings. The Labute approximate surface area is 351 Å². The summed E-state index contributed by atoms with van der Waals surface area (Å²) in [7, 11) is -0.714. The summed E-state index contributed by atoms with van der Waals surface area (Å²) in [5, 5.41) is 3.92. The maximum atomic E-state index is 2.83. The first-order chi connectivity index (χ1) is 26.8. The fourth-order valence-electron chi connectivity index (χ4n) is 13.1. The third kappa shape index (κ3) is 9.91. The van der Waals surface area contributed by atoms with Crippen LogP contribution < -0.4 is 10.6 Å². The van der Waals surface area contributed by atoms with Crippen LogP contribution in [0.1, 0.15) is 173 Å². The van der Waals surface area contributed by atoms with Crippen molar-refractivity contribution in [1.29, 1.82) is 0 Å². The van der Waals surface area contributed by atoms with Gasteiger partial charge in [-0.3, -0.25) is 0 Å². The Kier molecular flexibility index (Phi) is 16.2. The van der Waals surface area contributed by atoms with E-state index >= 15 is 0 Å². The molecule has 2 heteroatoms. The first-order valence-electron chi connectivity index (χ1n) is 24.5. The summed E-state index contributed by atoms with van der Waals surface area (Å²) in [6, 6.07) is 20.0. The van der Waals surface area contributed by atoms with Crippen molar-refractivity contribution in [2.24, 2.45) is 71.0 Å². The number of hydrogen-bond acceptors (Lipinski definition) is 0. The quantitative estimate of drug-likeness (QED) is 0.177. The van der Waals surface area contributed by atoms with Crippen LogP contribution >= 0.6 is 15.8 Å². The normalized spacial score (nSPS) is 31.2. The highest BCUT2D eigenvalue weighted by molar-refractivity contribution is 7.73. The lowest BCUT2D eigenvalue weighted by atomic mass is 9.65. The molecule has 314 valence electrons. The van der Waals surface area contributed by atoms with Gasteiger partial charge in [-0.2, -0.15) is 0 Å². The lowest BCUT2D eigenvalue weighted by molar-refractivity contribution is 0.108. The van der Waals surface area contributed by atoms with E-state index < -0.39 is 0 Å². The second-order valence-corrected chi connectivity index (χ2v) is 27.2. The Morgan fingerprint density at radius 2 is 0.804 bits per heavy atom. The van der Waals surface area contributed by atoms with Crippen molar-refractivity contribution >= 4 is 26.5 Å². The van der Waals surface area contributed by atoms with E-state index in [9.17, 15) is 0 Å². The van der Waals surface area contributed by atoms with Crippen LogP contribution in [-0.2, 0) is 0 Å². The van der Waals surface area contributed by atoms with Crippen molar-refractivity contribution in [3.05, 3.63) is 48.5 Å². The molecule has 0 bridgehead atoms. The Morgan fingerprint density at radius 1 is 0.411 bits per heavy atom. The predicted molar refractivity (Wildman–Crippen MR) is 255 cm³/mol. The van der Waals surface area contributed by atoms with Crippen molar-refractivity contribution in [2.75, 3.05) is 0 Å². The van der Waals surface area contributed by atoms with E-state index in [2.05, 4.69) is 132 Å². The maximum Gasteiger partial charge on any atom is -0.00799 e. The third-order valence-corrected chi connectivity index (χ3v) is 24.1. The molecule has 6 rings (SSSR count). The number of benzene rings is 2. The first-order valence-corrected chi connectivity index (χ1v) is 27.5. The van der Waals surface area contributed by atoms with Gasteiger partial charge in [-0.25, -0.2) is 0 Å². The summed E-state index contributed by atoms with van der Waals surface area (Å²) < 4.78 is 0. The smallest absolute Gasteiger partial charge is 0.00799 e. The second kappa shape index (κ2) is 20.2. The van der Waals surface area contributed by atoms with E-state index in [-0.39, 0.29) is 15.8 Å². The van der Waals surface area contributed by atoms with Crippen LogP contribution in [0.3, 0.4) is 0 Å². The SMILES string of the molecule is CC(C)C1CC(C(C)C)C(P(c2cccc(-c3ccccc3)c2P(C2CCCCC2)C2C(C(C)C)CC(C(C)C)CC2C(C)C)C2CCCCC2)C(C(C)C)C1. The summed E-state index contributed by atoms with van der Waals surface area (Å²) >= 11 is 0. The van der Waals surface area contributed by atoms with Gasteiger partial charge in [-0.1, -0.05) is 186 Å². The molecule has 0 nitrogen and oxygen atoms in total. The van der Waals surface area contributed by atoms with Gasteiger partial charge in [-0.05, 0) is 167 Å². The van der Waals surface area contributed by atoms with E-state index in [1.807, 2.05) is 10.6 Å². The average molecular weight is 799 g/mol. The average Bonchev–Trinajstić information content (AvgIpc) is 3.19. The molecule has 0 heterocycles. The van der Waals surface area contributed by atoms with Crippen LogP contribution in [-0.4, -0.2) is 22.6 Å². The van der Waals surface area contributed by atoms with Crippen LogP contribution in [0.25, 0.3) is 11.1 Å². The largest absolute Gasteiger partial charge is 0.0677 e. The van der Waals surface area contributed by atoms with Crippen LogP contribution in [0.15, 0.2) is 48.5 Å². The van der Waals surface area contributed by atoms with Gasteiger partial charge < -0.3 is 0 Å². The van der Waals surface area contributed by atoms with E-state index in [4.69, 9.17) is 0 Å². The lowest BCUT2D eigenvalue weighted by Crippen LogP contribution is -2.49. The minimum absolute atomic E-state index is 0.338. The molecule has 0 aliphatic heterocycles. The predicted octanol–water partition coefficient (Wildman–Crippen LogP) is 16.2. The molecule has 4 saturated carbocycles. The van der Waals surface area contributed by atoms with Gasteiger partial charge in [0.1, 0.15) is 0 Å². The van der Waals surface area contributed by atoms with Crippen LogP contribution in [0, 0.1) is 71.0 Å². The van der Waals surface area contributed by atoms with E-state index in [1.54, 1.807) is 5.56 Å². The summed E-state index contributed by atoms with van der Waals surface area (Å²) in [5.41, 5.74) is 6.59. The zero-order valence-corrected chi connectivity index (χ0v) is 40.4. The number of rotatable bonds is 13. The fraction of sp³-hybridized carbons (Fsp3) is 0.778. The summed E-state index contributed by atoms with van der Waals surface area (Å²) in [6.45, 7) is 31.3. The number of hydrogen-bond donors (Lipinski definition) is 0. The van der Waals surface area contributed by atoms with Gasteiger partial charge in [0, 0.05) is 0 Å². The zero-order valence-electron chi connectivity index (χ0n) is 38.7.